The fraction of sp³-hybridized carbons (Fsp3) is 0.538. The number of anilines is 1. The third-order valence-electron chi connectivity index (χ3n) is 3.42. The molecule has 0 unspecified atom stereocenters. The molecule has 4 heteroatoms. The monoisotopic (exact) mass is 232 g/mol. The Balaban J connectivity index is 2.21. The second kappa shape index (κ2) is 4.73. The average Bonchev–Trinajstić information content (AvgIpc) is 2.22. The minimum atomic E-state index is 0.0907. The number of aromatic nitrogens is 1. The molecule has 1 aromatic rings. The van der Waals surface area contributed by atoms with Gasteiger partial charge in [0.15, 0.2) is 0 Å². The predicted octanol–water partition coefficient (Wildman–Crippen LogP) is 1.91. The van der Waals surface area contributed by atoms with Crippen molar-refractivity contribution in [2.75, 3.05) is 18.5 Å². The molecule has 0 atom stereocenters. The van der Waals surface area contributed by atoms with Crippen LogP contribution in [0.5, 0.6) is 0 Å². The summed E-state index contributed by atoms with van der Waals surface area (Å²) >= 11 is 0. The van der Waals surface area contributed by atoms with E-state index in [4.69, 9.17) is 11.1 Å². The van der Waals surface area contributed by atoms with E-state index in [1.807, 2.05) is 26.1 Å². The Bertz CT molecular complexity index is 423. The number of amidine groups is 1. The van der Waals surface area contributed by atoms with Gasteiger partial charge in [0.1, 0.15) is 11.7 Å². The van der Waals surface area contributed by atoms with Crippen molar-refractivity contribution >= 4 is 11.7 Å². The lowest BCUT2D eigenvalue weighted by molar-refractivity contribution is 0.321. The summed E-state index contributed by atoms with van der Waals surface area (Å²) < 4.78 is 0. The minimum absolute atomic E-state index is 0.0907. The molecule has 0 bridgehead atoms. The van der Waals surface area contributed by atoms with Crippen LogP contribution in [0.1, 0.15) is 30.5 Å². The van der Waals surface area contributed by atoms with Gasteiger partial charge in [0.2, 0.25) is 0 Å². The maximum absolute atomic E-state index is 7.59. The van der Waals surface area contributed by atoms with Crippen LogP contribution in [-0.2, 0) is 0 Å². The smallest absolute Gasteiger partial charge is 0.139 e. The van der Waals surface area contributed by atoms with E-state index in [0.717, 1.165) is 29.5 Å². The van der Waals surface area contributed by atoms with Gasteiger partial charge in [-0.3, -0.25) is 5.41 Å². The summed E-state index contributed by atoms with van der Waals surface area (Å²) in [5.41, 5.74) is 7.29. The van der Waals surface area contributed by atoms with Gasteiger partial charge in [-0.25, -0.2) is 4.98 Å². The molecule has 4 nitrogen and oxygen atoms in total. The Hall–Kier alpha value is -1.58. The molecule has 0 aromatic carbocycles. The van der Waals surface area contributed by atoms with E-state index in [1.54, 1.807) is 0 Å². The van der Waals surface area contributed by atoms with Gasteiger partial charge in [0, 0.05) is 19.3 Å². The molecule has 0 radical (unpaired) electrons. The number of nitrogens with one attached hydrogen (secondary N) is 1. The van der Waals surface area contributed by atoms with Gasteiger partial charge in [0.25, 0.3) is 0 Å². The van der Waals surface area contributed by atoms with Crippen LogP contribution in [0.25, 0.3) is 0 Å². The summed E-state index contributed by atoms with van der Waals surface area (Å²) in [5.74, 6) is 1.71. The molecule has 3 N–H and O–H groups in total. The van der Waals surface area contributed by atoms with Crippen LogP contribution in [-0.4, -0.2) is 24.4 Å². The predicted molar refractivity (Wildman–Crippen MR) is 70.6 cm³/mol. The van der Waals surface area contributed by atoms with Crippen molar-refractivity contribution in [2.45, 2.75) is 26.2 Å². The molecule has 1 aromatic heterocycles. The third-order valence-corrected chi connectivity index (χ3v) is 3.42. The standard InChI is InChI=1S/C13H20N4/c1-9-6-7-11(12(14)15)13(16-9)17(2)8-10-4-3-5-10/h6-7,10H,3-5,8H2,1-2H3,(H3,14,15). The van der Waals surface area contributed by atoms with Crippen LogP contribution in [0.15, 0.2) is 12.1 Å². The first-order valence-electron chi connectivity index (χ1n) is 6.11. The van der Waals surface area contributed by atoms with E-state index in [-0.39, 0.29) is 5.84 Å². The van der Waals surface area contributed by atoms with Crippen molar-refractivity contribution in [1.29, 1.82) is 5.41 Å². The highest BCUT2D eigenvalue weighted by Crippen LogP contribution is 2.28. The van der Waals surface area contributed by atoms with Crippen molar-refractivity contribution in [1.82, 2.24) is 4.98 Å². The normalized spacial score (nSPS) is 15.4. The quantitative estimate of drug-likeness (QED) is 0.615. The van der Waals surface area contributed by atoms with Crippen molar-refractivity contribution in [3.8, 4) is 0 Å². The zero-order valence-corrected chi connectivity index (χ0v) is 10.5. The molecule has 1 heterocycles. The molecule has 1 saturated carbocycles. The van der Waals surface area contributed by atoms with E-state index in [2.05, 4.69) is 9.88 Å². The van der Waals surface area contributed by atoms with Crippen molar-refractivity contribution in [2.24, 2.45) is 11.7 Å². The highest BCUT2D eigenvalue weighted by atomic mass is 15.2. The highest BCUT2D eigenvalue weighted by molar-refractivity contribution is 5.99. The molecule has 0 aliphatic heterocycles. The lowest BCUT2D eigenvalue weighted by Crippen LogP contribution is -2.31. The summed E-state index contributed by atoms with van der Waals surface area (Å²) in [6.45, 7) is 2.97. The summed E-state index contributed by atoms with van der Waals surface area (Å²) in [6, 6.07) is 3.79. The van der Waals surface area contributed by atoms with E-state index >= 15 is 0 Å². The SMILES string of the molecule is Cc1ccc(C(=N)N)c(N(C)CC2CCC2)n1. The van der Waals surface area contributed by atoms with Gasteiger partial charge in [-0.2, -0.15) is 0 Å². The van der Waals surface area contributed by atoms with Gasteiger partial charge in [-0.15, -0.1) is 0 Å². The van der Waals surface area contributed by atoms with Gasteiger partial charge in [0.05, 0.1) is 5.56 Å². The van der Waals surface area contributed by atoms with E-state index in [1.165, 1.54) is 19.3 Å². The van der Waals surface area contributed by atoms with Gasteiger partial charge in [-0.1, -0.05) is 6.42 Å². The number of nitrogen functional groups attached to an aromatic ring is 1. The Morgan fingerprint density at radius 2 is 2.24 bits per heavy atom. The molecular weight excluding hydrogens is 212 g/mol. The molecular formula is C13H20N4. The minimum Gasteiger partial charge on any atom is -0.384 e. The summed E-state index contributed by atoms with van der Waals surface area (Å²) in [6.07, 6.45) is 3.97. The second-order valence-corrected chi connectivity index (χ2v) is 4.91. The van der Waals surface area contributed by atoms with E-state index < -0.39 is 0 Å². The summed E-state index contributed by atoms with van der Waals surface area (Å²) in [7, 11) is 2.03. The first-order chi connectivity index (χ1) is 8.08. The molecule has 92 valence electrons. The first kappa shape index (κ1) is 11.9. The molecule has 0 spiro atoms. The van der Waals surface area contributed by atoms with Crippen LogP contribution in [0.4, 0.5) is 5.82 Å². The highest BCUT2D eigenvalue weighted by Gasteiger charge is 2.21. The van der Waals surface area contributed by atoms with Gasteiger partial charge < -0.3 is 10.6 Å². The zero-order valence-electron chi connectivity index (χ0n) is 10.5. The Morgan fingerprint density at radius 1 is 1.53 bits per heavy atom. The van der Waals surface area contributed by atoms with Crippen molar-refractivity contribution < 1.29 is 0 Å². The van der Waals surface area contributed by atoms with Crippen LogP contribution in [0.2, 0.25) is 0 Å². The molecule has 1 aliphatic carbocycles. The number of nitrogens with two attached hydrogens (primary N) is 1. The van der Waals surface area contributed by atoms with E-state index in [9.17, 15) is 0 Å². The zero-order chi connectivity index (χ0) is 12.4. The number of hydrogen-bond donors (Lipinski definition) is 2. The molecule has 2 rings (SSSR count). The summed E-state index contributed by atoms with van der Waals surface area (Å²) in [4.78, 5) is 6.64. The topological polar surface area (TPSA) is 66.0 Å². The molecule has 0 saturated heterocycles. The maximum atomic E-state index is 7.59. The summed E-state index contributed by atoms with van der Waals surface area (Å²) in [5, 5.41) is 7.59. The number of aryl methyl sites for hydroxylation is 1. The third kappa shape index (κ3) is 2.57. The molecule has 0 amide bonds. The lowest BCUT2D eigenvalue weighted by Gasteiger charge is -2.31. The Labute approximate surface area is 102 Å². The van der Waals surface area contributed by atoms with Crippen LogP contribution < -0.4 is 10.6 Å². The number of nitrogens with zero attached hydrogens (tertiary/aromatic N) is 2. The Kier molecular flexibility index (Phi) is 3.31. The van der Waals surface area contributed by atoms with Gasteiger partial charge in [-0.05, 0) is 37.8 Å². The second-order valence-electron chi connectivity index (χ2n) is 4.91. The number of pyridine rings is 1. The van der Waals surface area contributed by atoms with Crippen LogP contribution >= 0.6 is 0 Å². The van der Waals surface area contributed by atoms with Crippen molar-refractivity contribution in [3.63, 3.8) is 0 Å². The van der Waals surface area contributed by atoms with Crippen molar-refractivity contribution in [3.05, 3.63) is 23.4 Å². The lowest BCUT2D eigenvalue weighted by atomic mass is 9.85. The number of rotatable bonds is 4. The fourth-order valence-corrected chi connectivity index (χ4v) is 2.19. The fourth-order valence-electron chi connectivity index (χ4n) is 2.19. The Morgan fingerprint density at radius 3 is 2.76 bits per heavy atom. The maximum Gasteiger partial charge on any atom is 0.139 e. The van der Waals surface area contributed by atoms with Gasteiger partial charge >= 0.3 is 0 Å². The first-order valence-corrected chi connectivity index (χ1v) is 6.11. The largest absolute Gasteiger partial charge is 0.384 e. The van der Waals surface area contributed by atoms with Crippen LogP contribution in [0.3, 0.4) is 0 Å². The average molecular weight is 232 g/mol. The molecule has 1 aliphatic rings. The van der Waals surface area contributed by atoms with Crippen LogP contribution in [0, 0.1) is 18.3 Å². The molecule has 17 heavy (non-hydrogen) atoms. The number of hydrogen-bond acceptors (Lipinski definition) is 3. The molecule has 1 fully saturated rings. The van der Waals surface area contributed by atoms with E-state index in [0.29, 0.717) is 0 Å².